The molecule has 1 unspecified atom stereocenters. The molecule has 0 spiro atoms. The van der Waals surface area contributed by atoms with Gasteiger partial charge in [-0.3, -0.25) is 4.68 Å². The maximum atomic E-state index is 12.6. The predicted octanol–water partition coefficient (Wildman–Crippen LogP) is 2.08. The number of hydrogen-bond donors (Lipinski definition) is 1. The molecule has 0 fully saturated rings. The van der Waals surface area contributed by atoms with Gasteiger partial charge in [0.15, 0.2) is 5.65 Å². The molecular weight excluding hydrogens is 334 g/mol. The minimum absolute atomic E-state index is 0.125. The fourth-order valence-corrected chi connectivity index (χ4v) is 4.27. The number of aryl methyl sites for hydroxylation is 3. The minimum Gasteiger partial charge on any atom is -0.250 e. The molecule has 3 aromatic heterocycles. The highest BCUT2D eigenvalue weighted by molar-refractivity contribution is 7.89. The van der Waals surface area contributed by atoms with E-state index < -0.39 is 16.1 Å². The molecule has 0 aromatic carbocycles. The van der Waals surface area contributed by atoms with Crippen LogP contribution in [0.1, 0.15) is 29.4 Å². The van der Waals surface area contributed by atoms with Gasteiger partial charge in [-0.1, -0.05) is 0 Å². The van der Waals surface area contributed by atoms with Gasteiger partial charge >= 0.3 is 0 Å². The Morgan fingerprint density at radius 2 is 2.09 bits per heavy atom. The number of rotatable bonds is 4. The second-order valence-corrected chi connectivity index (χ2v) is 8.16. The van der Waals surface area contributed by atoms with Gasteiger partial charge in [0.2, 0.25) is 10.0 Å². The Morgan fingerprint density at radius 3 is 2.74 bits per heavy atom. The molecule has 3 rings (SSSR count). The Labute approximate surface area is 138 Å². The summed E-state index contributed by atoms with van der Waals surface area (Å²) in [5.41, 5.74) is 2.11. The van der Waals surface area contributed by atoms with Crippen molar-refractivity contribution < 1.29 is 8.42 Å². The summed E-state index contributed by atoms with van der Waals surface area (Å²) in [4.78, 5) is 8.66. The van der Waals surface area contributed by atoms with E-state index in [1.54, 1.807) is 24.7 Å². The van der Waals surface area contributed by atoms with Crippen LogP contribution < -0.4 is 4.72 Å². The Hall–Kier alpha value is -1.84. The summed E-state index contributed by atoms with van der Waals surface area (Å²) in [7, 11) is -1.90. The average molecular weight is 351 g/mol. The summed E-state index contributed by atoms with van der Waals surface area (Å²) in [6, 6.07) is 1.20. The fourth-order valence-electron chi connectivity index (χ4n) is 2.38. The highest BCUT2D eigenvalue weighted by atomic mass is 32.2. The maximum absolute atomic E-state index is 12.6. The van der Waals surface area contributed by atoms with Crippen molar-refractivity contribution in [3.63, 3.8) is 0 Å². The van der Waals surface area contributed by atoms with Gasteiger partial charge in [0.05, 0.1) is 22.4 Å². The smallest absolute Gasteiger partial charge is 0.242 e. The summed E-state index contributed by atoms with van der Waals surface area (Å²) in [5.74, 6) is 0. The van der Waals surface area contributed by atoms with Crippen molar-refractivity contribution in [3.05, 3.63) is 34.0 Å². The molecular formula is C14H17N5O2S2. The lowest BCUT2D eigenvalue weighted by atomic mass is 10.3. The largest absolute Gasteiger partial charge is 0.250 e. The van der Waals surface area contributed by atoms with Gasteiger partial charge in [-0.25, -0.2) is 23.1 Å². The Kier molecular flexibility index (Phi) is 3.95. The lowest BCUT2D eigenvalue weighted by Crippen LogP contribution is -2.27. The van der Waals surface area contributed by atoms with Crippen LogP contribution in [0.5, 0.6) is 0 Å². The Bertz CT molecular complexity index is 974. The molecule has 3 heterocycles. The normalized spacial score (nSPS) is 13.6. The molecule has 23 heavy (non-hydrogen) atoms. The van der Waals surface area contributed by atoms with Gasteiger partial charge in [-0.15, -0.1) is 11.3 Å². The SMILES string of the molecule is Cc1nc(C(C)NS(=O)(=O)c2cnc3c(c2)c(C)nn3C)cs1. The zero-order valence-electron chi connectivity index (χ0n) is 13.2. The highest BCUT2D eigenvalue weighted by Crippen LogP contribution is 2.22. The van der Waals surface area contributed by atoms with E-state index in [0.29, 0.717) is 11.3 Å². The van der Waals surface area contributed by atoms with Crippen molar-refractivity contribution in [2.24, 2.45) is 7.05 Å². The third-order valence-electron chi connectivity index (χ3n) is 3.56. The summed E-state index contributed by atoms with van der Waals surface area (Å²) in [6.45, 7) is 5.49. The van der Waals surface area contributed by atoms with Crippen LogP contribution in [0, 0.1) is 13.8 Å². The maximum Gasteiger partial charge on any atom is 0.242 e. The van der Waals surface area contributed by atoms with Gasteiger partial charge in [0.1, 0.15) is 4.90 Å². The second-order valence-electron chi connectivity index (χ2n) is 5.39. The zero-order valence-corrected chi connectivity index (χ0v) is 14.9. The Balaban J connectivity index is 1.94. The monoisotopic (exact) mass is 351 g/mol. The third kappa shape index (κ3) is 2.99. The first-order valence-corrected chi connectivity index (χ1v) is 9.38. The van der Waals surface area contributed by atoms with Crippen LogP contribution >= 0.6 is 11.3 Å². The second kappa shape index (κ2) is 5.66. The first-order chi connectivity index (χ1) is 10.8. The molecule has 0 amide bonds. The first kappa shape index (κ1) is 16.0. The topological polar surface area (TPSA) is 89.8 Å². The number of fused-ring (bicyclic) bond motifs is 1. The molecule has 0 aliphatic heterocycles. The van der Waals surface area contributed by atoms with Crippen LogP contribution in [-0.2, 0) is 17.1 Å². The number of nitrogens with one attached hydrogen (secondary N) is 1. The number of thiazole rings is 1. The third-order valence-corrected chi connectivity index (χ3v) is 5.86. The van der Waals surface area contributed by atoms with Gasteiger partial charge in [-0.2, -0.15) is 5.10 Å². The van der Waals surface area contributed by atoms with E-state index in [1.807, 2.05) is 19.2 Å². The minimum atomic E-state index is -3.68. The number of nitrogens with zero attached hydrogens (tertiary/aromatic N) is 4. The van der Waals surface area contributed by atoms with Crippen LogP contribution in [0.2, 0.25) is 0 Å². The predicted molar refractivity (Wildman–Crippen MR) is 88.8 cm³/mol. The zero-order chi connectivity index (χ0) is 16.8. The van der Waals surface area contributed by atoms with Crippen LogP contribution in [0.25, 0.3) is 11.0 Å². The molecule has 122 valence electrons. The lowest BCUT2D eigenvalue weighted by Gasteiger charge is -2.12. The summed E-state index contributed by atoms with van der Waals surface area (Å²) >= 11 is 1.49. The molecule has 0 saturated carbocycles. The van der Waals surface area contributed by atoms with Crippen molar-refractivity contribution in [3.8, 4) is 0 Å². The van der Waals surface area contributed by atoms with Crippen molar-refractivity contribution >= 4 is 32.4 Å². The van der Waals surface area contributed by atoms with Gasteiger partial charge < -0.3 is 0 Å². The van der Waals surface area contributed by atoms with E-state index in [-0.39, 0.29) is 4.90 Å². The van der Waals surface area contributed by atoms with E-state index in [0.717, 1.165) is 16.1 Å². The molecule has 7 nitrogen and oxygen atoms in total. The standard InChI is InChI=1S/C14H17N5O2S2/c1-8-12-5-11(6-15-14(12)19(4)17-8)23(20,21)18-9(2)13-7-22-10(3)16-13/h5-7,9,18H,1-4H3. The Morgan fingerprint density at radius 1 is 1.35 bits per heavy atom. The summed E-state index contributed by atoms with van der Waals surface area (Å²) in [5, 5.41) is 7.74. The van der Waals surface area contributed by atoms with E-state index in [9.17, 15) is 8.42 Å². The molecule has 0 bridgehead atoms. The summed E-state index contributed by atoms with van der Waals surface area (Å²) in [6.07, 6.45) is 1.35. The van der Waals surface area contributed by atoms with E-state index >= 15 is 0 Å². The van der Waals surface area contributed by atoms with Gasteiger partial charge in [-0.05, 0) is 26.8 Å². The molecule has 1 N–H and O–H groups in total. The van der Waals surface area contributed by atoms with Crippen molar-refractivity contribution in [1.82, 2.24) is 24.5 Å². The van der Waals surface area contributed by atoms with Crippen LogP contribution in [0.15, 0.2) is 22.5 Å². The fraction of sp³-hybridized carbons (Fsp3) is 0.357. The molecule has 0 saturated heterocycles. The molecule has 0 radical (unpaired) electrons. The molecule has 0 aliphatic carbocycles. The van der Waals surface area contributed by atoms with Gasteiger partial charge in [0.25, 0.3) is 0 Å². The molecule has 1 atom stereocenters. The van der Waals surface area contributed by atoms with Crippen molar-refractivity contribution in [2.75, 3.05) is 0 Å². The van der Waals surface area contributed by atoms with Crippen molar-refractivity contribution in [1.29, 1.82) is 0 Å². The molecule has 3 aromatic rings. The van der Waals surface area contributed by atoms with Gasteiger partial charge in [0, 0.05) is 24.0 Å². The number of aromatic nitrogens is 4. The number of hydrogen-bond acceptors (Lipinski definition) is 6. The first-order valence-electron chi connectivity index (χ1n) is 7.01. The quantitative estimate of drug-likeness (QED) is 0.777. The lowest BCUT2D eigenvalue weighted by molar-refractivity contribution is 0.564. The van der Waals surface area contributed by atoms with Crippen molar-refractivity contribution in [2.45, 2.75) is 31.7 Å². The van der Waals surface area contributed by atoms with Crippen LogP contribution in [-0.4, -0.2) is 28.2 Å². The van der Waals surface area contributed by atoms with E-state index in [2.05, 4.69) is 19.8 Å². The van der Waals surface area contributed by atoms with E-state index in [1.165, 1.54) is 17.5 Å². The average Bonchev–Trinajstić information content (AvgIpc) is 3.03. The molecule has 0 aliphatic rings. The number of pyridine rings is 1. The van der Waals surface area contributed by atoms with Crippen LogP contribution in [0.4, 0.5) is 0 Å². The van der Waals surface area contributed by atoms with E-state index in [4.69, 9.17) is 0 Å². The number of sulfonamides is 1. The summed E-state index contributed by atoms with van der Waals surface area (Å²) < 4.78 is 29.4. The molecule has 9 heteroatoms. The van der Waals surface area contributed by atoms with Crippen LogP contribution in [0.3, 0.4) is 0 Å². The highest BCUT2D eigenvalue weighted by Gasteiger charge is 2.21.